The van der Waals surface area contributed by atoms with E-state index in [9.17, 15) is 90.7 Å². The summed E-state index contributed by atoms with van der Waals surface area (Å²) in [6.07, 6.45) is -20.3. The van der Waals surface area contributed by atoms with Crippen LogP contribution < -0.4 is 29.8 Å². The van der Waals surface area contributed by atoms with E-state index in [0.29, 0.717) is 0 Å². The van der Waals surface area contributed by atoms with Crippen molar-refractivity contribution in [3.63, 3.8) is 0 Å². The van der Waals surface area contributed by atoms with Crippen molar-refractivity contribution in [3.05, 3.63) is 141 Å². The van der Waals surface area contributed by atoms with E-state index in [1.54, 1.807) is 0 Å². The summed E-state index contributed by atoms with van der Waals surface area (Å²) in [7, 11) is 2.20. The van der Waals surface area contributed by atoms with Crippen LogP contribution in [-0.2, 0) is 28.5 Å². The Labute approximate surface area is 505 Å². The monoisotopic (exact) mass is 1250 g/mol. The second-order valence-corrected chi connectivity index (χ2v) is 21.4. The van der Waals surface area contributed by atoms with Crippen LogP contribution in [-0.4, -0.2) is 172 Å². The average molecular weight is 1250 g/mol. The lowest BCUT2D eigenvalue weighted by Crippen LogP contribution is -2.61. The summed E-state index contributed by atoms with van der Waals surface area (Å²) in [6.45, 7) is -1.84. The maximum atomic E-state index is 14.8. The predicted molar refractivity (Wildman–Crippen MR) is 304 cm³/mol. The number of ether oxygens (including phenoxy) is 8. The van der Waals surface area contributed by atoms with Crippen LogP contribution >= 0.6 is 0 Å². The summed E-state index contributed by atoms with van der Waals surface area (Å²) in [5.41, 5.74) is -2.32. The number of esters is 2. The van der Waals surface area contributed by atoms with Crippen molar-refractivity contribution in [2.24, 2.45) is 11.8 Å². The van der Waals surface area contributed by atoms with Crippen LogP contribution in [0.25, 0.3) is 44.6 Å². The standard InChI is InChI=1S/C62H56O28/c1-81-55-31(67)19-33-39(45(55)71)47(73)57(53(85-33)25-7-15-29(65)16-8-25)89-61-51(77)49(75)43(69)35(87-61)21-83-59(79)41-37(23-3-11-27(63)12-4-23)42(38(41)24-5-13-28(64)14-6-24)60(80)84-22-36-44(70)50(76)52(78)62(88-36)90-58-48(74)40-34(20-32(68)56(82-2)46(40)72)86-54(58)26-9-17-30(66)18-10-26/h3-20,35-38,41-44,49-52,61-72,75-78H,21-22H2,1-2H3. The second-order valence-electron chi connectivity index (χ2n) is 21.4. The Kier molecular flexibility index (Phi) is 16.8. The molecular weight excluding hydrogens is 1190 g/mol. The number of phenols is 8. The van der Waals surface area contributed by atoms with Gasteiger partial charge in [0.1, 0.15) is 107 Å². The van der Waals surface area contributed by atoms with Gasteiger partial charge in [-0.25, -0.2) is 0 Å². The third-order valence-electron chi connectivity index (χ3n) is 16.0. The molecule has 1 aliphatic carbocycles. The number of benzene rings is 6. The van der Waals surface area contributed by atoms with Crippen molar-refractivity contribution in [2.45, 2.75) is 73.2 Å². The summed E-state index contributed by atoms with van der Waals surface area (Å²) in [6, 6.07) is 22.8. The quantitative estimate of drug-likeness (QED) is 0.0618. The number of hydrogen-bond donors (Lipinski definition) is 14. The number of fused-ring (bicyclic) bond motifs is 2. The highest BCUT2D eigenvalue weighted by atomic mass is 16.7. The van der Waals surface area contributed by atoms with E-state index in [1.807, 2.05) is 0 Å². The van der Waals surface area contributed by atoms with Crippen molar-refractivity contribution in [1.29, 1.82) is 0 Å². The first-order chi connectivity index (χ1) is 43.0. The van der Waals surface area contributed by atoms with Crippen LogP contribution in [0.2, 0.25) is 0 Å². The van der Waals surface area contributed by atoms with Crippen LogP contribution in [0.3, 0.4) is 0 Å². The number of rotatable bonds is 16. The van der Waals surface area contributed by atoms with Crippen LogP contribution in [0.4, 0.5) is 0 Å². The molecule has 0 bridgehead atoms. The average Bonchev–Trinajstić information content (AvgIpc) is 0.845. The first-order valence-corrected chi connectivity index (χ1v) is 27.4. The SMILES string of the molecule is COc1c(O)cc2oc(-c3ccc(O)cc3)c(OC3OC(COC(=O)C4C(c5ccc(O)cc5)C(C(=O)OCC5OC(Oc6c(-c7ccc(O)cc7)oc7cc(O)c(OC)c(O)c7c6=O)C(O)C(O)C5O)C4c4ccc(O)cc4)C(O)C(O)C3O)c(=O)c2c1O. The van der Waals surface area contributed by atoms with Crippen LogP contribution in [0.15, 0.2) is 128 Å². The van der Waals surface area contributed by atoms with E-state index in [4.69, 9.17) is 46.7 Å². The van der Waals surface area contributed by atoms with Gasteiger partial charge in [0.05, 0.1) is 26.1 Å². The van der Waals surface area contributed by atoms with Gasteiger partial charge in [0, 0.05) is 35.1 Å². The zero-order valence-corrected chi connectivity index (χ0v) is 46.9. The molecule has 28 nitrogen and oxygen atoms in total. The van der Waals surface area contributed by atoms with Crippen LogP contribution in [0.1, 0.15) is 23.0 Å². The summed E-state index contributed by atoms with van der Waals surface area (Å²) in [4.78, 5) is 58.2. The minimum atomic E-state index is -2.14. The zero-order chi connectivity index (χ0) is 64.3. The summed E-state index contributed by atoms with van der Waals surface area (Å²) in [5, 5.41) is 150. The van der Waals surface area contributed by atoms with E-state index < -0.39 is 189 Å². The van der Waals surface area contributed by atoms with E-state index in [-0.39, 0.29) is 56.4 Å². The molecular formula is C62H56O28. The fraction of sp³-hybridized carbons (Fsp3) is 0.290. The van der Waals surface area contributed by atoms with Gasteiger partial charge in [0.15, 0.2) is 34.5 Å². The lowest BCUT2D eigenvalue weighted by Gasteiger charge is -2.50. The van der Waals surface area contributed by atoms with Gasteiger partial charge in [0.25, 0.3) is 0 Å². The fourth-order valence-electron chi connectivity index (χ4n) is 11.4. The number of methoxy groups -OCH3 is 2. The van der Waals surface area contributed by atoms with Crippen molar-refractivity contribution in [1.82, 2.24) is 0 Å². The fourth-order valence-corrected chi connectivity index (χ4v) is 11.4. The van der Waals surface area contributed by atoms with Gasteiger partial charge in [0.2, 0.25) is 46.4 Å². The molecule has 8 aromatic rings. The maximum absolute atomic E-state index is 14.8. The molecule has 11 rings (SSSR count). The molecule has 2 saturated heterocycles. The topological polar surface area (TPSA) is 452 Å². The minimum absolute atomic E-state index is 0.0738. The highest BCUT2D eigenvalue weighted by Gasteiger charge is 2.60. The number of phenolic OH excluding ortho intramolecular Hbond substituents is 8. The van der Waals surface area contributed by atoms with E-state index >= 15 is 0 Å². The number of hydrogen-bond acceptors (Lipinski definition) is 28. The van der Waals surface area contributed by atoms with E-state index in [1.165, 1.54) is 97.1 Å². The second kappa shape index (κ2) is 24.5. The Balaban J connectivity index is 0.865. The third kappa shape index (κ3) is 11.1. The summed E-state index contributed by atoms with van der Waals surface area (Å²) >= 11 is 0. The van der Waals surface area contributed by atoms with Crippen molar-refractivity contribution in [3.8, 4) is 91.6 Å². The van der Waals surface area contributed by atoms with Crippen LogP contribution in [0, 0.1) is 11.8 Å². The molecule has 1 saturated carbocycles. The molecule has 472 valence electrons. The zero-order valence-electron chi connectivity index (χ0n) is 46.9. The van der Waals surface area contributed by atoms with Gasteiger partial charge >= 0.3 is 11.9 Å². The molecule has 10 atom stereocenters. The molecule has 28 heteroatoms. The first kappa shape index (κ1) is 61.6. The van der Waals surface area contributed by atoms with Crippen molar-refractivity contribution >= 4 is 33.9 Å². The molecule has 0 spiro atoms. The lowest BCUT2D eigenvalue weighted by atomic mass is 9.52. The molecule has 2 aromatic heterocycles. The van der Waals surface area contributed by atoms with Crippen LogP contribution in [0.5, 0.6) is 69.0 Å². The Morgan fingerprint density at radius 3 is 1.08 bits per heavy atom. The molecule has 4 heterocycles. The number of carbonyl (C=O) groups is 2. The molecule has 3 fully saturated rings. The Morgan fingerprint density at radius 2 is 0.756 bits per heavy atom. The smallest absolute Gasteiger partial charge is 0.310 e. The Hall–Kier alpha value is -10.0. The van der Waals surface area contributed by atoms with Crippen molar-refractivity contribution in [2.75, 3.05) is 27.4 Å². The number of aromatic hydroxyl groups is 8. The maximum Gasteiger partial charge on any atom is 0.310 e. The highest BCUT2D eigenvalue weighted by molar-refractivity contribution is 5.93. The normalized spacial score (nSPS) is 25.6. The van der Waals surface area contributed by atoms with Gasteiger partial charge in [-0.1, -0.05) is 24.3 Å². The summed E-state index contributed by atoms with van der Waals surface area (Å²) < 4.78 is 57.4. The molecule has 6 aromatic carbocycles. The molecule has 90 heavy (non-hydrogen) atoms. The largest absolute Gasteiger partial charge is 0.508 e. The number of carbonyl (C=O) groups excluding carboxylic acids is 2. The Morgan fingerprint density at radius 1 is 0.433 bits per heavy atom. The molecule has 0 amide bonds. The van der Waals surface area contributed by atoms with Crippen molar-refractivity contribution < 1.29 is 128 Å². The molecule has 2 aliphatic heterocycles. The Bertz CT molecular complexity index is 3860. The van der Waals surface area contributed by atoms with Gasteiger partial charge in [-0.3, -0.25) is 19.2 Å². The lowest BCUT2D eigenvalue weighted by molar-refractivity contribution is -0.279. The van der Waals surface area contributed by atoms with Gasteiger partial charge in [-0.05, 0) is 83.9 Å². The number of aliphatic hydroxyl groups is 6. The predicted octanol–water partition coefficient (Wildman–Crippen LogP) is 2.87. The van der Waals surface area contributed by atoms with Gasteiger partial charge in [-0.2, -0.15) is 0 Å². The molecule has 0 radical (unpaired) electrons. The third-order valence-corrected chi connectivity index (χ3v) is 16.0. The van der Waals surface area contributed by atoms with Gasteiger partial charge < -0.3 is 118 Å². The number of aliphatic hydroxyl groups excluding tert-OH is 6. The molecule has 10 unspecified atom stereocenters. The first-order valence-electron chi connectivity index (χ1n) is 27.4. The highest BCUT2D eigenvalue weighted by Crippen LogP contribution is 2.59. The summed E-state index contributed by atoms with van der Waals surface area (Å²) in [5.74, 6) is -14.5. The molecule has 3 aliphatic rings. The van der Waals surface area contributed by atoms with E-state index in [0.717, 1.165) is 26.4 Å². The molecule has 14 N–H and O–H groups in total. The van der Waals surface area contributed by atoms with Gasteiger partial charge in [-0.15, -0.1) is 0 Å². The van der Waals surface area contributed by atoms with E-state index in [2.05, 4.69) is 0 Å². The minimum Gasteiger partial charge on any atom is -0.508 e.